The Labute approximate surface area is 233 Å². The van der Waals surface area contributed by atoms with Gasteiger partial charge in [0.15, 0.2) is 0 Å². The number of rotatable bonds is 10. The summed E-state index contributed by atoms with van der Waals surface area (Å²) in [5.74, 6) is 0. The molecule has 0 N–H and O–H groups in total. The van der Waals surface area contributed by atoms with E-state index >= 15 is 0 Å². The van der Waals surface area contributed by atoms with Gasteiger partial charge >= 0.3 is 27.0 Å². The van der Waals surface area contributed by atoms with E-state index in [-0.39, 0.29) is 0 Å². The fraction of sp³-hybridized carbons (Fsp3) is 0.167. The van der Waals surface area contributed by atoms with Crippen molar-refractivity contribution in [1.82, 2.24) is 4.90 Å². The summed E-state index contributed by atoms with van der Waals surface area (Å²) in [5.41, 5.74) is 0. The molecule has 0 aliphatic heterocycles. The second kappa shape index (κ2) is 18.5. The van der Waals surface area contributed by atoms with Gasteiger partial charge in [-0.1, -0.05) is 72.8 Å². The van der Waals surface area contributed by atoms with Crippen LogP contribution in [0.1, 0.15) is 0 Å². The Morgan fingerprint density at radius 1 is 0.556 bits per heavy atom. The Kier molecular flexibility index (Phi) is 15.7. The van der Waals surface area contributed by atoms with Crippen LogP contribution in [0.25, 0.3) is 0 Å². The molecule has 4 aromatic rings. The molecule has 0 heterocycles. The van der Waals surface area contributed by atoms with E-state index in [1.54, 1.807) is 17.3 Å². The fourth-order valence-electron chi connectivity index (χ4n) is 4.19. The van der Waals surface area contributed by atoms with Crippen LogP contribution in [-0.2, 0) is 22.1 Å². The second-order valence-electron chi connectivity index (χ2n) is 8.22. The average Bonchev–Trinajstić information content (AvgIpc) is 2.98. The summed E-state index contributed by atoms with van der Waals surface area (Å²) >= 11 is 1.62. The molecule has 4 rings (SSSR count). The first-order chi connectivity index (χ1) is 17.8. The molecule has 0 fully saturated rings. The summed E-state index contributed by atoms with van der Waals surface area (Å²) < 4.78 is 0. The molecule has 0 aliphatic rings. The van der Waals surface area contributed by atoms with Gasteiger partial charge < -0.3 is 4.79 Å². The predicted molar refractivity (Wildman–Crippen MR) is 162 cm³/mol. The summed E-state index contributed by atoms with van der Waals surface area (Å²) in [6, 6.07) is 44.4. The zero-order valence-corrected chi connectivity index (χ0v) is 25.2. The zero-order chi connectivity index (χ0) is 26.0. The van der Waals surface area contributed by atoms with Gasteiger partial charge in [0.2, 0.25) is 0 Å². The molecule has 188 valence electrons. The van der Waals surface area contributed by atoms with Gasteiger partial charge in [0.25, 0.3) is 0 Å². The Morgan fingerprint density at radius 2 is 0.778 bits per heavy atom. The molecular formula is C30H35ClNOP2Ru+3. The molecule has 0 amide bonds. The van der Waals surface area contributed by atoms with Gasteiger partial charge in [-0.05, 0) is 55.6 Å². The van der Waals surface area contributed by atoms with Crippen LogP contribution in [0.5, 0.6) is 0 Å². The van der Waals surface area contributed by atoms with E-state index in [4.69, 9.17) is 4.79 Å². The number of carbonyl (C=O) groups excluding carboxylic acids is 1. The number of hydrogen-bond acceptors (Lipinski definition) is 2. The maximum atomic E-state index is 7.75. The summed E-state index contributed by atoms with van der Waals surface area (Å²) in [7, 11) is 5.37. The van der Waals surface area contributed by atoms with Crippen LogP contribution in [0.3, 0.4) is 0 Å². The Bertz CT molecular complexity index is 909. The first-order valence-electron chi connectivity index (χ1n) is 11.8. The number of benzene rings is 4. The third-order valence-corrected chi connectivity index (χ3v) is 11.5. The topological polar surface area (TPSA) is 20.3 Å². The molecule has 0 bridgehead atoms. The van der Waals surface area contributed by atoms with Crippen LogP contribution in [0.15, 0.2) is 121 Å². The van der Waals surface area contributed by atoms with Gasteiger partial charge in [-0.2, -0.15) is 0 Å². The van der Waals surface area contributed by atoms with Gasteiger partial charge in [0, 0.05) is 13.1 Å². The zero-order valence-electron chi connectivity index (χ0n) is 20.6. The van der Waals surface area contributed by atoms with Gasteiger partial charge in [0.1, 0.15) is 0 Å². The summed E-state index contributed by atoms with van der Waals surface area (Å²) in [5, 5.41) is 6.04. The van der Waals surface area contributed by atoms with E-state index in [9.17, 15) is 0 Å². The SMILES string of the molecule is CN(CC[PH+](c1ccccc1)c1ccccc1)CC[PH+](c1ccccc1)c1ccccc1.[CH-]=O.[Cl][RuH+2]. The third kappa shape index (κ3) is 9.97. The van der Waals surface area contributed by atoms with Crippen molar-refractivity contribution in [3.8, 4) is 0 Å². The minimum atomic E-state index is -0.769. The van der Waals surface area contributed by atoms with Crippen LogP contribution in [-0.4, -0.2) is 44.1 Å². The van der Waals surface area contributed by atoms with Crippen molar-refractivity contribution in [2.45, 2.75) is 0 Å². The van der Waals surface area contributed by atoms with Gasteiger partial charge in [-0.25, -0.2) is 0 Å². The summed E-state index contributed by atoms with van der Waals surface area (Å²) in [4.78, 5) is 10.3. The molecule has 0 atom stereocenters. The fourth-order valence-corrected chi connectivity index (χ4v) is 9.60. The van der Waals surface area contributed by atoms with Crippen LogP contribution < -0.4 is 21.2 Å². The Morgan fingerprint density at radius 3 is 1.00 bits per heavy atom. The van der Waals surface area contributed by atoms with Crippen molar-refractivity contribution in [3.63, 3.8) is 0 Å². The van der Waals surface area contributed by atoms with Crippen molar-refractivity contribution < 1.29 is 22.1 Å². The van der Waals surface area contributed by atoms with Gasteiger partial charge in [0.05, 0.1) is 49.4 Å². The standard InChI is InChI=1S/C29H31NP2.CHO.ClH.Ru.H/c1-30(22-24-31(26-14-6-2-7-15-26)27-16-8-3-9-17-27)23-25-32(28-18-10-4-11-19-28)29-20-12-5-13-21-29;1-2;;;/h2-21H,22-25H2,1H3;1H;1H;;/q;-1;;+3;/p+1. The van der Waals surface area contributed by atoms with E-state index in [2.05, 4.69) is 150 Å². The number of hydrogen-bond donors (Lipinski definition) is 0. The molecule has 0 saturated heterocycles. The van der Waals surface area contributed by atoms with Crippen LogP contribution >= 0.6 is 25.5 Å². The molecule has 2 nitrogen and oxygen atoms in total. The molecule has 0 saturated carbocycles. The first-order valence-corrected chi connectivity index (χ1v) is 17.6. The first kappa shape index (κ1) is 30.5. The van der Waals surface area contributed by atoms with E-state index in [1.165, 1.54) is 33.5 Å². The van der Waals surface area contributed by atoms with Crippen molar-refractivity contribution >= 4 is 53.5 Å². The van der Waals surface area contributed by atoms with Gasteiger partial charge in [-0.3, -0.25) is 11.7 Å². The molecule has 0 aromatic heterocycles. The molecule has 0 spiro atoms. The molecule has 6 heteroatoms. The minimum absolute atomic E-state index is 0.769. The molecule has 0 aliphatic carbocycles. The summed E-state index contributed by atoms with van der Waals surface area (Å²) in [6.45, 7) is 5.52. The monoisotopic (exact) mass is 624 g/mol. The normalized spacial score (nSPS) is 10.4. The quantitative estimate of drug-likeness (QED) is 0.110. The number of nitrogens with zero attached hydrogens (tertiary/aromatic N) is 1. The Hall–Kier alpha value is -1.72. The molecule has 0 unspecified atom stereocenters. The van der Waals surface area contributed by atoms with Crippen molar-refractivity contribution in [2.24, 2.45) is 0 Å². The van der Waals surface area contributed by atoms with E-state index in [0.717, 1.165) is 13.1 Å². The number of halogens is 1. The Balaban J connectivity index is 0.00000109. The molecule has 36 heavy (non-hydrogen) atoms. The van der Waals surface area contributed by atoms with Crippen molar-refractivity contribution in [1.29, 1.82) is 0 Å². The predicted octanol–water partition coefficient (Wildman–Crippen LogP) is 4.79. The third-order valence-electron chi connectivity index (χ3n) is 5.98. The molecule has 0 radical (unpaired) electrons. The van der Waals surface area contributed by atoms with Crippen LogP contribution in [0.4, 0.5) is 0 Å². The molecule has 4 aromatic carbocycles. The maximum absolute atomic E-state index is 7.75. The van der Waals surface area contributed by atoms with E-state index in [0.29, 0.717) is 0 Å². The van der Waals surface area contributed by atoms with E-state index in [1.807, 2.05) is 0 Å². The van der Waals surface area contributed by atoms with Crippen molar-refractivity contribution in [3.05, 3.63) is 121 Å². The van der Waals surface area contributed by atoms with E-state index < -0.39 is 15.8 Å². The molecular weight excluding hydrogens is 589 g/mol. The summed E-state index contributed by atoms with van der Waals surface area (Å²) in [6.07, 6.45) is 2.46. The second-order valence-corrected chi connectivity index (χ2v) is 13.4. The van der Waals surface area contributed by atoms with Gasteiger partial charge in [-0.15, -0.1) is 0 Å². The van der Waals surface area contributed by atoms with Crippen molar-refractivity contribution in [2.75, 3.05) is 32.5 Å². The average molecular weight is 624 g/mol. The van der Waals surface area contributed by atoms with Crippen LogP contribution in [0, 0.1) is 0 Å². The van der Waals surface area contributed by atoms with Crippen LogP contribution in [0.2, 0.25) is 0 Å².